The predicted molar refractivity (Wildman–Crippen MR) is 100 cm³/mol. The van der Waals surface area contributed by atoms with Gasteiger partial charge in [-0.15, -0.1) is 0 Å². The van der Waals surface area contributed by atoms with E-state index in [0.717, 1.165) is 29.8 Å². The van der Waals surface area contributed by atoms with Gasteiger partial charge in [0.25, 0.3) is 0 Å². The van der Waals surface area contributed by atoms with Crippen molar-refractivity contribution in [3.63, 3.8) is 0 Å². The van der Waals surface area contributed by atoms with Gasteiger partial charge in [0.1, 0.15) is 0 Å². The summed E-state index contributed by atoms with van der Waals surface area (Å²) >= 11 is 0. The molecule has 1 amide bonds. The number of hydrogen-bond donors (Lipinski definition) is 0. The number of benzene rings is 2. The Hall–Kier alpha value is -3.16. The standard InChI is InChI=1S/C21H18F3N3O2/c1-2-13-5-3-4-6-17(13)27-12-15(11-18(27)28)20-25-19(26-29-20)14-7-9-16(10-8-14)21(22,23)24/h3-10,15H,2,11-12H2,1H3. The van der Waals surface area contributed by atoms with Crippen molar-refractivity contribution in [3.8, 4) is 11.4 Å². The Morgan fingerprint density at radius 2 is 1.86 bits per heavy atom. The largest absolute Gasteiger partial charge is 0.416 e. The first-order valence-electron chi connectivity index (χ1n) is 9.26. The molecule has 2 aromatic carbocycles. The number of nitrogens with zero attached hydrogens (tertiary/aromatic N) is 3. The monoisotopic (exact) mass is 401 g/mol. The molecule has 29 heavy (non-hydrogen) atoms. The minimum Gasteiger partial charge on any atom is -0.339 e. The van der Waals surface area contributed by atoms with Crippen molar-refractivity contribution in [2.75, 3.05) is 11.4 Å². The molecule has 0 bridgehead atoms. The van der Waals surface area contributed by atoms with Crippen LogP contribution in [-0.2, 0) is 17.4 Å². The molecule has 8 heteroatoms. The zero-order chi connectivity index (χ0) is 20.6. The number of amides is 1. The number of hydrogen-bond acceptors (Lipinski definition) is 4. The minimum atomic E-state index is -4.40. The first-order valence-corrected chi connectivity index (χ1v) is 9.26. The minimum absolute atomic E-state index is 0.0230. The van der Waals surface area contributed by atoms with Crippen molar-refractivity contribution < 1.29 is 22.5 Å². The van der Waals surface area contributed by atoms with Gasteiger partial charge in [0.15, 0.2) is 0 Å². The van der Waals surface area contributed by atoms with Crippen LogP contribution < -0.4 is 4.90 Å². The summed E-state index contributed by atoms with van der Waals surface area (Å²) in [6, 6.07) is 12.3. The Morgan fingerprint density at radius 1 is 1.14 bits per heavy atom. The zero-order valence-electron chi connectivity index (χ0n) is 15.6. The first-order chi connectivity index (χ1) is 13.9. The fraction of sp³-hybridized carbons (Fsp3) is 0.286. The van der Waals surface area contributed by atoms with Crippen molar-refractivity contribution in [1.82, 2.24) is 10.1 Å². The van der Waals surface area contributed by atoms with E-state index >= 15 is 0 Å². The van der Waals surface area contributed by atoms with Gasteiger partial charge in [0.05, 0.1) is 11.5 Å². The van der Waals surface area contributed by atoms with Crippen LogP contribution in [0.2, 0.25) is 0 Å². The van der Waals surface area contributed by atoms with E-state index in [4.69, 9.17) is 4.52 Å². The van der Waals surface area contributed by atoms with Crippen LogP contribution in [0.1, 0.15) is 36.3 Å². The molecule has 150 valence electrons. The molecule has 3 aromatic rings. The van der Waals surface area contributed by atoms with Gasteiger partial charge < -0.3 is 9.42 Å². The Bertz CT molecular complexity index is 1030. The molecule has 5 nitrogen and oxygen atoms in total. The van der Waals surface area contributed by atoms with E-state index in [9.17, 15) is 18.0 Å². The molecule has 2 heterocycles. The third-order valence-electron chi connectivity index (χ3n) is 5.05. The highest BCUT2D eigenvalue weighted by molar-refractivity contribution is 5.97. The van der Waals surface area contributed by atoms with Crippen LogP contribution >= 0.6 is 0 Å². The number of para-hydroxylation sites is 1. The number of halogens is 3. The molecule has 1 atom stereocenters. The number of alkyl halides is 3. The SMILES string of the molecule is CCc1ccccc1N1CC(c2nc(-c3ccc(C(F)(F)F)cc3)no2)CC1=O. The second-order valence-electron chi connectivity index (χ2n) is 6.92. The smallest absolute Gasteiger partial charge is 0.339 e. The lowest BCUT2D eigenvalue weighted by atomic mass is 10.1. The molecule has 1 saturated heterocycles. The average molecular weight is 401 g/mol. The van der Waals surface area contributed by atoms with Gasteiger partial charge >= 0.3 is 6.18 Å². The van der Waals surface area contributed by atoms with E-state index < -0.39 is 11.7 Å². The maximum absolute atomic E-state index is 12.7. The normalized spacial score (nSPS) is 17.2. The van der Waals surface area contributed by atoms with Gasteiger partial charge in [-0.1, -0.05) is 42.4 Å². The van der Waals surface area contributed by atoms with Gasteiger partial charge in [-0.3, -0.25) is 4.79 Å². The van der Waals surface area contributed by atoms with Crippen LogP contribution in [0, 0.1) is 0 Å². The first kappa shape index (κ1) is 19.2. The lowest BCUT2D eigenvalue weighted by Gasteiger charge is -2.19. The maximum atomic E-state index is 12.7. The molecule has 1 aliphatic heterocycles. The highest BCUT2D eigenvalue weighted by Crippen LogP contribution is 2.34. The number of carbonyl (C=O) groups is 1. The number of aryl methyl sites for hydroxylation is 1. The quantitative estimate of drug-likeness (QED) is 0.628. The fourth-order valence-corrected chi connectivity index (χ4v) is 3.51. The Balaban J connectivity index is 1.54. The van der Waals surface area contributed by atoms with Crippen molar-refractivity contribution in [3.05, 3.63) is 65.5 Å². The molecule has 1 aliphatic rings. The van der Waals surface area contributed by atoms with E-state index in [1.165, 1.54) is 12.1 Å². The van der Waals surface area contributed by atoms with Crippen molar-refractivity contribution in [2.24, 2.45) is 0 Å². The molecule has 0 N–H and O–H groups in total. The van der Waals surface area contributed by atoms with Gasteiger partial charge in [-0.05, 0) is 30.2 Å². The summed E-state index contributed by atoms with van der Waals surface area (Å²) in [7, 11) is 0. The highest BCUT2D eigenvalue weighted by Gasteiger charge is 2.36. The van der Waals surface area contributed by atoms with Crippen molar-refractivity contribution in [1.29, 1.82) is 0 Å². The number of rotatable bonds is 4. The summed E-state index contributed by atoms with van der Waals surface area (Å²) < 4.78 is 43.5. The number of aromatic nitrogens is 2. The zero-order valence-corrected chi connectivity index (χ0v) is 15.6. The average Bonchev–Trinajstić information content (AvgIpc) is 3.34. The van der Waals surface area contributed by atoms with Crippen LogP contribution in [0.15, 0.2) is 53.1 Å². The summed E-state index contributed by atoms with van der Waals surface area (Å²) in [6.45, 7) is 2.45. The summed E-state index contributed by atoms with van der Waals surface area (Å²) in [5.74, 6) is 0.228. The Labute approximate surface area is 165 Å². The molecule has 4 rings (SSSR count). The van der Waals surface area contributed by atoms with Crippen LogP contribution in [0.25, 0.3) is 11.4 Å². The highest BCUT2D eigenvalue weighted by atomic mass is 19.4. The van der Waals surface area contributed by atoms with Crippen LogP contribution in [0.4, 0.5) is 18.9 Å². The van der Waals surface area contributed by atoms with E-state index in [1.807, 2.05) is 31.2 Å². The number of carbonyl (C=O) groups excluding carboxylic acids is 1. The molecule has 0 aliphatic carbocycles. The summed E-state index contributed by atoms with van der Waals surface area (Å²) in [6.07, 6.45) is -3.35. The summed E-state index contributed by atoms with van der Waals surface area (Å²) in [5.41, 5.74) is 1.64. The van der Waals surface area contributed by atoms with Gasteiger partial charge in [-0.2, -0.15) is 18.2 Å². The van der Waals surface area contributed by atoms with Crippen LogP contribution in [0.3, 0.4) is 0 Å². The van der Waals surface area contributed by atoms with Gasteiger partial charge in [0, 0.05) is 24.2 Å². The second-order valence-corrected chi connectivity index (χ2v) is 6.92. The molecule has 0 spiro atoms. The summed E-state index contributed by atoms with van der Waals surface area (Å²) in [5, 5.41) is 3.88. The topological polar surface area (TPSA) is 59.2 Å². The van der Waals surface area contributed by atoms with E-state index in [1.54, 1.807) is 4.90 Å². The molecule has 0 saturated carbocycles. The fourth-order valence-electron chi connectivity index (χ4n) is 3.51. The number of anilines is 1. The molecular weight excluding hydrogens is 383 g/mol. The lowest BCUT2D eigenvalue weighted by molar-refractivity contribution is -0.137. The van der Waals surface area contributed by atoms with E-state index in [0.29, 0.717) is 18.0 Å². The second kappa shape index (κ2) is 7.35. The third kappa shape index (κ3) is 3.74. The predicted octanol–water partition coefficient (Wildman–Crippen LogP) is 4.84. The van der Waals surface area contributed by atoms with Crippen LogP contribution in [0.5, 0.6) is 0 Å². The van der Waals surface area contributed by atoms with Gasteiger partial charge in [0.2, 0.25) is 17.6 Å². The van der Waals surface area contributed by atoms with Gasteiger partial charge in [-0.25, -0.2) is 0 Å². The van der Waals surface area contributed by atoms with Crippen molar-refractivity contribution >= 4 is 11.6 Å². The van der Waals surface area contributed by atoms with E-state index in [-0.39, 0.29) is 24.1 Å². The molecular formula is C21H18F3N3O2. The van der Waals surface area contributed by atoms with Crippen LogP contribution in [-0.4, -0.2) is 22.6 Å². The molecule has 0 radical (unpaired) electrons. The van der Waals surface area contributed by atoms with Crippen molar-refractivity contribution in [2.45, 2.75) is 31.9 Å². The van der Waals surface area contributed by atoms with E-state index in [2.05, 4.69) is 10.1 Å². The summed E-state index contributed by atoms with van der Waals surface area (Å²) in [4.78, 5) is 18.6. The Kier molecular flexibility index (Phi) is 4.86. The molecule has 1 unspecified atom stereocenters. The Morgan fingerprint density at radius 3 is 2.55 bits per heavy atom. The molecule has 1 fully saturated rings. The molecule has 1 aromatic heterocycles. The third-order valence-corrected chi connectivity index (χ3v) is 5.05. The maximum Gasteiger partial charge on any atom is 0.416 e. The lowest BCUT2D eigenvalue weighted by Crippen LogP contribution is -2.25.